The molecule has 6 aliphatic rings. The van der Waals surface area contributed by atoms with Gasteiger partial charge in [0.2, 0.25) is 0 Å². The van der Waals surface area contributed by atoms with Crippen LogP contribution in [0.5, 0.6) is 0 Å². The minimum absolute atomic E-state index is 0.0376. The average molecular weight is 826 g/mol. The van der Waals surface area contributed by atoms with Gasteiger partial charge in [-0.05, 0) is 153 Å². The van der Waals surface area contributed by atoms with Crippen molar-refractivity contribution in [2.45, 2.75) is 148 Å². The van der Waals surface area contributed by atoms with Gasteiger partial charge in [0.05, 0.1) is 11.1 Å². The highest BCUT2D eigenvalue weighted by molar-refractivity contribution is 7.00. The van der Waals surface area contributed by atoms with E-state index in [-0.39, 0.29) is 34.0 Å². The summed E-state index contributed by atoms with van der Waals surface area (Å²) >= 11 is 0. The summed E-state index contributed by atoms with van der Waals surface area (Å²) in [6, 6.07) is 43.8. The highest BCUT2D eigenvalue weighted by Crippen LogP contribution is 2.66. The van der Waals surface area contributed by atoms with Crippen LogP contribution in [0, 0.1) is 27.7 Å². The zero-order valence-corrected chi connectivity index (χ0v) is 39.5. The van der Waals surface area contributed by atoms with Gasteiger partial charge in [0.15, 0.2) is 0 Å². The Morgan fingerprint density at radius 2 is 1.21 bits per heavy atom. The molecule has 3 nitrogen and oxygen atoms in total. The van der Waals surface area contributed by atoms with Gasteiger partial charge in [0, 0.05) is 50.6 Å². The van der Waals surface area contributed by atoms with E-state index in [1.807, 2.05) is 0 Å². The van der Waals surface area contributed by atoms with E-state index in [0.717, 1.165) is 12.8 Å². The molecule has 0 radical (unpaired) electrons. The normalized spacial score (nSPS) is 26.2. The van der Waals surface area contributed by atoms with Crippen LogP contribution >= 0.6 is 0 Å². The Balaban J connectivity index is 1.22. The highest BCUT2D eigenvalue weighted by Gasteiger charge is 2.64. The van der Waals surface area contributed by atoms with E-state index in [0.29, 0.717) is 0 Å². The fourth-order valence-electron chi connectivity index (χ4n) is 14.9. The number of fused-ring (bicyclic) bond motifs is 10. The van der Waals surface area contributed by atoms with Crippen LogP contribution in [0.15, 0.2) is 109 Å². The second kappa shape index (κ2) is 13.0. The summed E-state index contributed by atoms with van der Waals surface area (Å²) in [6.45, 7) is 24.5. The number of nitrogens with zero attached hydrogens (tertiary/aromatic N) is 3. The fourth-order valence-corrected chi connectivity index (χ4v) is 14.9. The van der Waals surface area contributed by atoms with E-state index in [1.165, 1.54) is 134 Å². The molecule has 0 saturated heterocycles. The molecule has 2 saturated carbocycles. The van der Waals surface area contributed by atoms with Crippen molar-refractivity contribution < 1.29 is 0 Å². The third kappa shape index (κ3) is 4.89. The van der Waals surface area contributed by atoms with Gasteiger partial charge >= 0.3 is 0 Å². The molecule has 318 valence electrons. The van der Waals surface area contributed by atoms with Crippen molar-refractivity contribution in [1.82, 2.24) is 0 Å². The molecule has 0 aromatic heterocycles. The average Bonchev–Trinajstić information content (AvgIpc) is 3.63. The van der Waals surface area contributed by atoms with Crippen molar-refractivity contribution in [2.75, 3.05) is 14.7 Å². The molecule has 0 amide bonds. The van der Waals surface area contributed by atoms with Gasteiger partial charge < -0.3 is 14.7 Å². The lowest BCUT2D eigenvalue weighted by Gasteiger charge is -2.54. The largest absolute Gasteiger partial charge is 0.335 e. The maximum absolute atomic E-state index is 2.96. The number of anilines is 7. The Bertz CT molecular complexity index is 2910. The van der Waals surface area contributed by atoms with Crippen molar-refractivity contribution in [3.8, 4) is 0 Å². The Morgan fingerprint density at radius 1 is 0.540 bits per heavy atom. The van der Waals surface area contributed by atoms with Crippen LogP contribution in [0.2, 0.25) is 0 Å². The molecule has 12 rings (SSSR count). The van der Waals surface area contributed by atoms with Crippen molar-refractivity contribution >= 4 is 62.9 Å². The second-order valence-corrected chi connectivity index (χ2v) is 22.4. The number of hydrogen-bond acceptors (Lipinski definition) is 3. The molecule has 63 heavy (non-hydrogen) atoms. The predicted octanol–water partition coefficient (Wildman–Crippen LogP) is 13.3. The van der Waals surface area contributed by atoms with Gasteiger partial charge in [-0.25, -0.2) is 0 Å². The van der Waals surface area contributed by atoms with E-state index in [2.05, 4.69) is 193 Å². The fraction of sp³-hybridized carbons (Fsp3) is 0.390. The number of rotatable bonds is 3. The van der Waals surface area contributed by atoms with Crippen LogP contribution in [-0.2, 0) is 16.2 Å². The maximum Gasteiger partial charge on any atom is 0.252 e. The minimum Gasteiger partial charge on any atom is -0.335 e. The lowest BCUT2D eigenvalue weighted by atomic mass is 9.32. The lowest BCUT2D eigenvalue weighted by molar-refractivity contribution is 0.194. The van der Waals surface area contributed by atoms with E-state index in [1.54, 1.807) is 5.56 Å². The quantitative estimate of drug-likeness (QED) is 0.164. The summed E-state index contributed by atoms with van der Waals surface area (Å²) in [5.41, 5.74) is 25.1. The first kappa shape index (κ1) is 39.4. The van der Waals surface area contributed by atoms with E-state index >= 15 is 0 Å². The summed E-state index contributed by atoms with van der Waals surface area (Å²) in [5.74, 6) is 0. The standard InChI is InChI=1S/C59H64BN3/c1-37-20-24-43(25-21-37)61-48-26-22-38(2)32-46(48)60-52-40(4)33-39(3)51-54(52)63(57(9)29-15-14-28-56(51,57)8)50-36-44(35-49(61)53(50)60)62-47-27-23-42(55(5,6)7)34-45(47)59(41-18-12-11-13-19-41)31-17-16-30-58(59,62)10/h11-13,18-27,32-36H,14-17,28-31H2,1-10H3. The lowest BCUT2D eigenvalue weighted by Crippen LogP contribution is -2.65. The molecule has 6 aromatic carbocycles. The molecule has 4 aliphatic heterocycles. The van der Waals surface area contributed by atoms with Crippen LogP contribution < -0.4 is 31.1 Å². The third-order valence-electron chi connectivity index (χ3n) is 18.0. The first-order chi connectivity index (χ1) is 30.1. The van der Waals surface area contributed by atoms with Crippen molar-refractivity contribution in [3.63, 3.8) is 0 Å². The molecule has 0 N–H and O–H groups in total. The van der Waals surface area contributed by atoms with E-state index in [9.17, 15) is 0 Å². The molecule has 0 bridgehead atoms. The van der Waals surface area contributed by atoms with Crippen molar-refractivity contribution in [1.29, 1.82) is 0 Å². The number of aryl methyl sites for hydroxylation is 4. The molecule has 4 atom stereocenters. The summed E-state index contributed by atoms with van der Waals surface area (Å²) in [7, 11) is 0. The smallest absolute Gasteiger partial charge is 0.252 e. The minimum atomic E-state index is -0.191. The van der Waals surface area contributed by atoms with Crippen LogP contribution in [0.3, 0.4) is 0 Å². The summed E-state index contributed by atoms with van der Waals surface area (Å²) in [5, 5.41) is 0. The molecule has 4 heteroatoms. The molecule has 6 aromatic rings. The van der Waals surface area contributed by atoms with Gasteiger partial charge in [0.1, 0.15) is 0 Å². The van der Waals surface area contributed by atoms with Gasteiger partial charge in [-0.3, -0.25) is 0 Å². The number of hydrogen-bond donors (Lipinski definition) is 0. The SMILES string of the molecule is Cc1ccc(N2c3ccc(C)cc3B3c4c2cc(N2c5ccc(C(C)(C)C)cc5C5(c6ccccc6)CCCCC25C)cc4N2c4c3c(C)cc(C)c4C3(C)CCCCC23C)cc1. The molecule has 2 aliphatic carbocycles. The van der Waals surface area contributed by atoms with Gasteiger partial charge in [-0.15, -0.1) is 0 Å². The van der Waals surface area contributed by atoms with Gasteiger partial charge in [-0.1, -0.05) is 143 Å². The summed E-state index contributed by atoms with van der Waals surface area (Å²) < 4.78 is 0. The molecular weight excluding hydrogens is 761 g/mol. The number of benzene rings is 6. The molecular formula is C59H64BN3. The monoisotopic (exact) mass is 826 g/mol. The Hall–Kier alpha value is -5.22. The predicted molar refractivity (Wildman–Crippen MR) is 269 cm³/mol. The molecule has 4 heterocycles. The van der Waals surface area contributed by atoms with Crippen molar-refractivity contribution in [3.05, 3.63) is 154 Å². The van der Waals surface area contributed by atoms with Crippen LogP contribution in [0.25, 0.3) is 0 Å². The highest BCUT2D eigenvalue weighted by atomic mass is 15.3. The molecule has 2 fully saturated rings. The second-order valence-electron chi connectivity index (χ2n) is 22.4. The van der Waals surface area contributed by atoms with Gasteiger partial charge in [0.25, 0.3) is 6.71 Å². The zero-order chi connectivity index (χ0) is 43.6. The summed E-state index contributed by atoms with van der Waals surface area (Å²) in [4.78, 5) is 8.48. The van der Waals surface area contributed by atoms with Crippen LogP contribution in [0.4, 0.5) is 39.8 Å². The Kier molecular flexibility index (Phi) is 8.10. The zero-order valence-electron chi connectivity index (χ0n) is 39.5. The third-order valence-corrected chi connectivity index (χ3v) is 18.0. The van der Waals surface area contributed by atoms with Crippen LogP contribution in [-0.4, -0.2) is 17.8 Å². The molecule has 4 unspecified atom stereocenters. The van der Waals surface area contributed by atoms with Crippen molar-refractivity contribution in [2.24, 2.45) is 0 Å². The molecule has 0 spiro atoms. The Morgan fingerprint density at radius 3 is 1.95 bits per heavy atom. The topological polar surface area (TPSA) is 9.72 Å². The van der Waals surface area contributed by atoms with Crippen LogP contribution in [0.1, 0.15) is 137 Å². The Labute approximate surface area is 377 Å². The maximum atomic E-state index is 2.96. The van der Waals surface area contributed by atoms with Gasteiger partial charge in [-0.2, -0.15) is 0 Å². The van der Waals surface area contributed by atoms with E-state index < -0.39 is 0 Å². The van der Waals surface area contributed by atoms with E-state index in [4.69, 9.17) is 0 Å². The first-order valence-electron chi connectivity index (χ1n) is 24.2. The first-order valence-corrected chi connectivity index (χ1v) is 24.2. The summed E-state index contributed by atoms with van der Waals surface area (Å²) in [6.07, 6.45) is 9.69.